The van der Waals surface area contributed by atoms with E-state index in [1.807, 2.05) is 0 Å². The fraction of sp³-hybridized carbons (Fsp3) is 0.364. The molecular weight excluding hydrogens is 233 g/mol. The summed E-state index contributed by atoms with van der Waals surface area (Å²) in [6.07, 6.45) is -0.187. The van der Waals surface area contributed by atoms with Gasteiger partial charge in [0.1, 0.15) is 5.82 Å². The molecule has 1 rings (SSSR count). The SMILES string of the molecule is CN(C)C(CC(=O)O)c1c(F)cccc1Cl. The molecule has 1 N–H and O–H groups in total. The van der Waals surface area contributed by atoms with Crippen LogP contribution in [-0.4, -0.2) is 30.1 Å². The van der Waals surface area contributed by atoms with Crippen molar-refractivity contribution in [3.05, 3.63) is 34.6 Å². The van der Waals surface area contributed by atoms with Gasteiger partial charge in [-0.3, -0.25) is 4.79 Å². The fourth-order valence-electron chi connectivity index (χ4n) is 1.54. The van der Waals surface area contributed by atoms with E-state index in [0.29, 0.717) is 0 Å². The third kappa shape index (κ3) is 2.93. The lowest BCUT2D eigenvalue weighted by Crippen LogP contribution is -2.24. The van der Waals surface area contributed by atoms with Crippen LogP contribution < -0.4 is 0 Å². The molecule has 0 amide bonds. The first-order valence-corrected chi connectivity index (χ1v) is 5.13. The van der Waals surface area contributed by atoms with Crippen molar-refractivity contribution in [3.8, 4) is 0 Å². The van der Waals surface area contributed by atoms with Crippen LogP contribution in [-0.2, 0) is 4.79 Å². The monoisotopic (exact) mass is 245 g/mol. The van der Waals surface area contributed by atoms with Crippen molar-refractivity contribution in [1.82, 2.24) is 4.90 Å². The quantitative estimate of drug-likeness (QED) is 0.886. The van der Waals surface area contributed by atoms with Crippen molar-refractivity contribution >= 4 is 17.6 Å². The molecule has 0 radical (unpaired) electrons. The molecule has 1 aromatic rings. The van der Waals surface area contributed by atoms with E-state index in [0.717, 1.165) is 0 Å². The van der Waals surface area contributed by atoms with Gasteiger partial charge < -0.3 is 10.0 Å². The number of carboxylic acids is 1. The average molecular weight is 246 g/mol. The van der Waals surface area contributed by atoms with Crippen molar-refractivity contribution in [3.63, 3.8) is 0 Å². The molecule has 16 heavy (non-hydrogen) atoms. The summed E-state index contributed by atoms with van der Waals surface area (Å²) in [6.45, 7) is 0. The summed E-state index contributed by atoms with van der Waals surface area (Å²) in [5.74, 6) is -1.47. The molecule has 0 saturated carbocycles. The highest BCUT2D eigenvalue weighted by atomic mass is 35.5. The Hall–Kier alpha value is -1.13. The molecule has 1 unspecified atom stereocenters. The molecule has 5 heteroatoms. The van der Waals surface area contributed by atoms with Gasteiger partial charge in [0.15, 0.2) is 0 Å². The van der Waals surface area contributed by atoms with Gasteiger partial charge in [0.05, 0.1) is 6.42 Å². The van der Waals surface area contributed by atoms with Crippen LogP contribution in [0, 0.1) is 5.82 Å². The summed E-state index contributed by atoms with van der Waals surface area (Å²) >= 11 is 5.89. The highest BCUT2D eigenvalue weighted by Gasteiger charge is 2.23. The smallest absolute Gasteiger partial charge is 0.305 e. The highest BCUT2D eigenvalue weighted by molar-refractivity contribution is 6.31. The van der Waals surface area contributed by atoms with Gasteiger partial charge in [0, 0.05) is 16.6 Å². The van der Waals surface area contributed by atoms with Gasteiger partial charge in [-0.2, -0.15) is 0 Å². The fourth-order valence-corrected chi connectivity index (χ4v) is 1.83. The second-order valence-electron chi connectivity index (χ2n) is 3.71. The predicted octanol–water partition coefficient (Wildman–Crippen LogP) is 2.56. The van der Waals surface area contributed by atoms with Crippen LogP contribution in [0.3, 0.4) is 0 Å². The summed E-state index contributed by atoms with van der Waals surface area (Å²) in [5, 5.41) is 9.03. The van der Waals surface area contributed by atoms with Gasteiger partial charge in [0.25, 0.3) is 0 Å². The van der Waals surface area contributed by atoms with Crippen LogP contribution >= 0.6 is 11.6 Å². The molecule has 0 aliphatic carbocycles. The maximum atomic E-state index is 13.6. The van der Waals surface area contributed by atoms with E-state index < -0.39 is 17.8 Å². The van der Waals surface area contributed by atoms with Crippen molar-refractivity contribution in [2.45, 2.75) is 12.5 Å². The molecule has 0 heterocycles. The molecule has 1 atom stereocenters. The van der Waals surface area contributed by atoms with Crippen molar-refractivity contribution < 1.29 is 14.3 Å². The minimum absolute atomic E-state index is 0.187. The Bertz CT molecular complexity index is 375. The summed E-state index contributed by atoms with van der Waals surface area (Å²) in [7, 11) is 3.38. The Kier molecular flexibility index (Phi) is 4.26. The van der Waals surface area contributed by atoms with Crippen LogP contribution in [0.5, 0.6) is 0 Å². The molecule has 0 aliphatic rings. The first kappa shape index (κ1) is 12.9. The van der Waals surface area contributed by atoms with Crippen LogP contribution in [0.1, 0.15) is 18.0 Å². The summed E-state index contributed by atoms with van der Waals surface area (Å²) in [5.41, 5.74) is 0.233. The molecule has 1 aromatic carbocycles. The Morgan fingerprint density at radius 2 is 2.19 bits per heavy atom. The molecule has 88 valence electrons. The van der Waals surface area contributed by atoms with Gasteiger partial charge in [-0.05, 0) is 26.2 Å². The van der Waals surface area contributed by atoms with Gasteiger partial charge in [-0.15, -0.1) is 0 Å². The number of carboxylic acid groups (broad SMARTS) is 1. The largest absolute Gasteiger partial charge is 0.481 e. The normalized spacial score (nSPS) is 12.8. The van der Waals surface area contributed by atoms with E-state index in [9.17, 15) is 9.18 Å². The van der Waals surface area contributed by atoms with E-state index in [4.69, 9.17) is 16.7 Å². The second-order valence-corrected chi connectivity index (χ2v) is 4.12. The second kappa shape index (κ2) is 5.27. The molecule has 0 aromatic heterocycles. The minimum atomic E-state index is -0.988. The van der Waals surface area contributed by atoms with Crippen LogP contribution in [0.4, 0.5) is 4.39 Å². The number of carbonyl (C=O) groups is 1. The summed E-state index contributed by atoms with van der Waals surface area (Å²) in [4.78, 5) is 12.4. The molecule has 3 nitrogen and oxygen atoms in total. The number of nitrogens with zero attached hydrogens (tertiary/aromatic N) is 1. The van der Waals surface area contributed by atoms with E-state index in [1.165, 1.54) is 12.1 Å². The number of halogens is 2. The lowest BCUT2D eigenvalue weighted by atomic mass is 10.0. The van der Waals surface area contributed by atoms with E-state index in [1.54, 1.807) is 25.1 Å². The van der Waals surface area contributed by atoms with E-state index in [2.05, 4.69) is 0 Å². The van der Waals surface area contributed by atoms with Gasteiger partial charge >= 0.3 is 5.97 Å². The molecular formula is C11H13ClFNO2. The van der Waals surface area contributed by atoms with Gasteiger partial charge in [-0.1, -0.05) is 17.7 Å². The molecule has 0 bridgehead atoms. The minimum Gasteiger partial charge on any atom is -0.481 e. The average Bonchev–Trinajstić information content (AvgIpc) is 2.15. The number of aliphatic carboxylic acids is 1. The van der Waals surface area contributed by atoms with Crippen LogP contribution in [0.25, 0.3) is 0 Å². The zero-order valence-electron chi connectivity index (χ0n) is 9.08. The Morgan fingerprint density at radius 1 is 1.56 bits per heavy atom. The first-order valence-electron chi connectivity index (χ1n) is 4.75. The topological polar surface area (TPSA) is 40.5 Å². The number of rotatable bonds is 4. The van der Waals surface area contributed by atoms with Crippen LogP contribution in [0.15, 0.2) is 18.2 Å². The maximum absolute atomic E-state index is 13.6. The maximum Gasteiger partial charge on any atom is 0.305 e. The Balaban J connectivity index is 3.15. The van der Waals surface area contributed by atoms with Gasteiger partial charge in [0.2, 0.25) is 0 Å². The molecule has 0 fully saturated rings. The summed E-state index contributed by atoms with van der Waals surface area (Å²) in [6, 6.07) is 3.76. The molecule has 0 aliphatic heterocycles. The highest BCUT2D eigenvalue weighted by Crippen LogP contribution is 2.30. The van der Waals surface area contributed by atoms with E-state index in [-0.39, 0.29) is 17.0 Å². The number of benzene rings is 1. The standard InChI is InChI=1S/C11H13ClFNO2/c1-14(2)9(6-10(15)16)11-7(12)4-3-5-8(11)13/h3-5,9H,6H2,1-2H3,(H,15,16). The number of hydrogen-bond donors (Lipinski definition) is 1. The Labute approximate surface area is 98.4 Å². The van der Waals surface area contributed by atoms with Crippen molar-refractivity contribution in [1.29, 1.82) is 0 Å². The van der Waals surface area contributed by atoms with E-state index >= 15 is 0 Å². The zero-order valence-corrected chi connectivity index (χ0v) is 9.83. The lowest BCUT2D eigenvalue weighted by Gasteiger charge is -2.24. The number of hydrogen-bond acceptors (Lipinski definition) is 2. The zero-order chi connectivity index (χ0) is 12.3. The van der Waals surface area contributed by atoms with Crippen molar-refractivity contribution in [2.75, 3.05) is 14.1 Å². The third-order valence-electron chi connectivity index (χ3n) is 2.32. The van der Waals surface area contributed by atoms with Crippen molar-refractivity contribution in [2.24, 2.45) is 0 Å². The third-order valence-corrected chi connectivity index (χ3v) is 2.65. The van der Waals surface area contributed by atoms with Crippen LogP contribution in [0.2, 0.25) is 5.02 Å². The Morgan fingerprint density at radius 3 is 2.62 bits per heavy atom. The lowest BCUT2D eigenvalue weighted by molar-refractivity contribution is -0.138. The molecule has 0 spiro atoms. The molecule has 0 saturated heterocycles. The van der Waals surface area contributed by atoms with Gasteiger partial charge in [-0.25, -0.2) is 4.39 Å². The summed E-state index contributed by atoms with van der Waals surface area (Å²) < 4.78 is 13.6. The first-order chi connectivity index (χ1) is 7.43. The predicted molar refractivity (Wildman–Crippen MR) is 60.1 cm³/mol.